The molecule has 30 heavy (non-hydrogen) atoms. The maximum Gasteiger partial charge on any atom is 0.322 e. The number of anilines is 1. The molecule has 0 saturated heterocycles. The lowest BCUT2D eigenvalue weighted by Crippen LogP contribution is -2.37. The number of urea groups is 1. The summed E-state index contributed by atoms with van der Waals surface area (Å²) in [4.78, 5) is 16.5. The van der Waals surface area contributed by atoms with E-state index in [1.807, 2.05) is 30.4 Å². The maximum atomic E-state index is 14.2. The Balaban J connectivity index is 1.57. The van der Waals surface area contributed by atoms with Crippen molar-refractivity contribution in [3.63, 3.8) is 0 Å². The summed E-state index contributed by atoms with van der Waals surface area (Å²) in [6.45, 7) is 2.50. The Morgan fingerprint density at radius 1 is 1.20 bits per heavy atom. The number of halogens is 2. The number of aromatic nitrogens is 1. The van der Waals surface area contributed by atoms with Crippen LogP contribution in [0.25, 0.3) is 5.00 Å². The highest BCUT2D eigenvalue weighted by Gasteiger charge is 2.34. The van der Waals surface area contributed by atoms with Crippen LogP contribution < -0.4 is 5.32 Å². The molecule has 1 unspecified atom stereocenters. The van der Waals surface area contributed by atoms with Crippen LogP contribution in [0.1, 0.15) is 53.9 Å². The molecule has 0 saturated carbocycles. The van der Waals surface area contributed by atoms with Crippen LogP contribution in [0.15, 0.2) is 36.5 Å². The monoisotopic (exact) mass is 427 g/mol. The molecule has 0 bridgehead atoms. The highest BCUT2D eigenvalue weighted by molar-refractivity contribution is 7.15. The quantitative estimate of drug-likeness (QED) is 0.520. The second-order valence-corrected chi connectivity index (χ2v) is 8.99. The van der Waals surface area contributed by atoms with E-state index in [1.165, 1.54) is 27.4 Å². The van der Waals surface area contributed by atoms with Crippen molar-refractivity contribution in [3.05, 3.63) is 69.9 Å². The summed E-state index contributed by atoms with van der Waals surface area (Å²) < 4.78 is 30.0. The molecule has 1 aliphatic heterocycles. The van der Waals surface area contributed by atoms with Crippen LogP contribution in [0.3, 0.4) is 0 Å². The van der Waals surface area contributed by atoms with Crippen LogP contribution in [0.5, 0.6) is 0 Å². The van der Waals surface area contributed by atoms with Crippen molar-refractivity contribution in [3.8, 4) is 5.00 Å². The third kappa shape index (κ3) is 3.12. The zero-order valence-corrected chi connectivity index (χ0v) is 17.6. The number of rotatable bonds is 2. The molecule has 1 atom stereocenters. The van der Waals surface area contributed by atoms with Gasteiger partial charge in [0.25, 0.3) is 0 Å². The zero-order chi connectivity index (χ0) is 20.8. The minimum atomic E-state index is -0.649. The van der Waals surface area contributed by atoms with E-state index >= 15 is 0 Å². The molecule has 156 valence electrons. The van der Waals surface area contributed by atoms with Crippen LogP contribution in [0, 0.1) is 11.6 Å². The molecule has 3 aromatic rings. The predicted molar refractivity (Wildman–Crippen MR) is 114 cm³/mol. The number of carbonyl (C=O) groups is 1. The van der Waals surface area contributed by atoms with Gasteiger partial charge in [0.2, 0.25) is 0 Å². The van der Waals surface area contributed by atoms with Gasteiger partial charge in [0.15, 0.2) is 0 Å². The summed E-state index contributed by atoms with van der Waals surface area (Å²) in [5, 5.41) is 3.79. The van der Waals surface area contributed by atoms with E-state index in [-0.39, 0.29) is 11.7 Å². The first-order valence-electron chi connectivity index (χ1n) is 10.4. The van der Waals surface area contributed by atoms with Crippen molar-refractivity contribution < 1.29 is 13.6 Å². The fourth-order valence-electron chi connectivity index (χ4n) is 4.69. The Hall–Kier alpha value is -2.67. The minimum Gasteiger partial charge on any atom is -0.312 e. The number of amides is 2. The van der Waals surface area contributed by atoms with Gasteiger partial charge in [-0.2, -0.15) is 0 Å². The fraction of sp³-hybridized carbons (Fsp3) is 0.348. The van der Waals surface area contributed by atoms with Gasteiger partial charge < -0.3 is 14.8 Å². The van der Waals surface area contributed by atoms with Crippen LogP contribution in [0.4, 0.5) is 19.3 Å². The van der Waals surface area contributed by atoms with Crippen molar-refractivity contribution in [1.82, 2.24) is 9.47 Å². The molecular weight excluding hydrogens is 404 g/mol. The highest BCUT2D eigenvalue weighted by atomic mass is 32.1. The Morgan fingerprint density at radius 3 is 2.87 bits per heavy atom. The number of thiophene rings is 1. The Morgan fingerprint density at radius 2 is 2.03 bits per heavy atom. The second-order valence-electron chi connectivity index (χ2n) is 7.90. The van der Waals surface area contributed by atoms with Crippen molar-refractivity contribution in [2.45, 2.75) is 51.6 Å². The van der Waals surface area contributed by atoms with Crippen molar-refractivity contribution in [2.75, 3.05) is 5.32 Å². The fourth-order valence-corrected chi connectivity index (χ4v) is 6.09. The molecule has 1 aliphatic carbocycles. The summed E-state index contributed by atoms with van der Waals surface area (Å²) in [6, 6.07) is 6.58. The van der Waals surface area contributed by atoms with E-state index in [0.717, 1.165) is 49.6 Å². The Labute approximate surface area is 178 Å². The summed E-state index contributed by atoms with van der Waals surface area (Å²) in [6.07, 6.45) is 7.26. The average molecular weight is 428 g/mol. The maximum absolute atomic E-state index is 14.2. The van der Waals surface area contributed by atoms with Gasteiger partial charge in [0.1, 0.15) is 16.6 Å². The SMILES string of the molecule is CCC1c2cccn2-c2sc3c(c2CN1C(=O)Nc1cc(F)ccc1F)CCCC3. The smallest absolute Gasteiger partial charge is 0.312 e. The topological polar surface area (TPSA) is 37.3 Å². The zero-order valence-electron chi connectivity index (χ0n) is 16.8. The van der Waals surface area contributed by atoms with Crippen molar-refractivity contribution in [1.29, 1.82) is 0 Å². The average Bonchev–Trinajstić information content (AvgIpc) is 3.33. The number of fused-ring (bicyclic) bond motifs is 5. The molecule has 2 amide bonds. The third-order valence-corrected chi connectivity index (χ3v) is 7.46. The molecule has 5 rings (SSSR count). The van der Waals surface area contributed by atoms with Crippen LogP contribution in [-0.2, 0) is 19.4 Å². The minimum absolute atomic E-state index is 0.137. The second kappa shape index (κ2) is 7.54. The predicted octanol–water partition coefficient (Wildman–Crippen LogP) is 6.19. The molecule has 7 heteroatoms. The number of aryl methyl sites for hydroxylation is 1. The van der Waals surface area contributed by atoms with Gasteiger partial charge in [0.05, 0.1) is 18.3 Å². The molecule has 0 fully saturated rings. The molecule has 0 radical (unpaired) electrons. The van der Waals surface area contributed by atoms with Crippen LogP contribution >= 0.6 is 11.3 Å². The Kier molecular flexibility index (Phi) is 4.85. The number of carbonyl (C=O) groups excluding carboxylic acids is 1. The van der Waals surface area contributed by atoms with E-state index in [1.54, 1.807) is 4.90 Å². The number of hydrogen-bond donors (Lipinski definition) is 1. The van der Waals surface area contributed by atoms with Gasteiger partial charge in [0, 0.05) is 28.4 Å². The third-order valence-electron chi connectivity index (χ3n) is 6.12. The van der Waals surface area contributed by atoms with E-state index in [0.29, 0.717) is 6.54 Å². The lowest BCUT2D eigenvalue weighted by Gasteiger charge is -2.30. The summed E-state index contributed by atoms with van der Waals surface area (Å²) in [5.74, 6) is -1.23. The first-order chi connectivity index (χ1) is 14.6. The van der Waals surface area contributed by atoms with E-state index < -0.39 is 17.7 Å². The van der Waals surface area contributed by atoms with Gasteiger partial charge in [-0.05, 0) is 61.9 Å². The van der Waals surface area contributed by atoms with Crippen LogP contribution in [-0.4, -0.2) is 15.5 Å². The first kappa shape index (κ1) is 19.3. The number of nitrogens with one attached hydrogen (secondary N) is 1. The highest BCUT2D eigenvalue weighted by Crippen LogP contribution is 2.43. The number of benzene rings is 1. The van der Waals surface area contributed by atoms with Crippen LogP contribution in [0.2, 0.25) is 0 Å². The molecule has 3 heterocycles. The molecule has 1 N–H and O–H groups in total. The van der Waals surface area contributed by atoms with E-state index in [2.05, 4.69) is 16.1 Å². The Bertz CT molecular complexity index is 1120. The first-order valence-corrected chi connectivity index (χ1v) is 11.2. The molecule has 1 aromatic carbocycles. The van der Waals surface area contributed by atoms with Crippen molar-refractivity contribution >= 4 is 23.1 Å². The summed E-state index contributed by atoms with van der Waals surface area (Å²) >= 11 is 1.83. The van der Waals surface area contributed by atoms with Gasteiger partial charge in [-0.1, -0.05) is 6.92 Å². The number of nitrogens with zero attached hydrogens (tertiary/aromatic N) is 2. The van der Waals surface area contributed by atoms with Gasteiger partial charge in [-0.25, -0.2) is 13.6 Å². The van der Waals surface area contributed by atoms with Gasteiger partial charge in [-0.3, -0.25) is 0 Å². The van der Waals surface area contributed by atoms with Crippen molar-refractivity contribution in [2.24, 2.45) is 0 Å². The summed E-state index contributed by atoms with van der Waals surface area (Å²) in [5.41, 5.74) is 3.47. The number of hydrogen-bond acceptors (Lipinski definition) is 2. The molecule has 0 spiro atoms. The largest absolute Gasteiger partial charge is 0.322 e. The molecular formula is C23H23F2N3OS. The van der Waals surface area contributed by atoms with E-state index in [4.69, 9.17) is 0 Å². The van der Waals surface area contributed by atoms with E-state index in [9.17, 15) is 13.6 Å². The van der Waals surface area contributed by atoms with Gasteiger partial charge >= 0.3 is 6.03 Å². The molecule has 2 aromatic heterocycles. The lowest BCUT2D eigenvalue weighted by molar-refractivity contribution is 0.181. The molecule has 2 aliphatic rings. The standard InChI is InChI=1S/C23H23F2N3OS/c1-2-19-20-7-5-11-27(20)22-16(15-6-3-4-8-21(15)30-22)13-28(19)23(29)26-18-12-14(24)9-10-17(18)25/h5,7,9-12,19H,2-4,6,8,13H2,1H3,(H,26,29). The van der Waals surface area contributed by atoms with Gasteiger partial charge in [-0.15, -0.1) is 11.3 Å². The molecule has 4 nitrogen and oxygen atoms in total. The summed E-state index contributed by atoms with van der Waals surface area (Å²) in [7, 11) is 0. The lowest BCUT2D eigenvalue weighted by atomic mass is 9.95. The normalized spacial score (nSPS) is 17.7.